The maximum absolute atomic E-state index is 13.1. The van der Waals surface area contributed by atoms with Crippen molar-refractivity contribution in [1.29, 1.82) is 0 Å². The minimum Gasteiger partial charge on any atom is -0.340 e. The highest BCUT2D eigenvalue weighted by atomic mass is 19.1. The molecule has 2 aromatic rings. The Kier molecular flexibility index (Phi) is 2.82. The minimum atomic E-state index is -1.07. The Balaban J connectivity index is 2.18. The van der Waals surface area contributed by atoms with Crippen molar-refractivity contribution in [2.24, 2.45) is 7.05 Å². The van der Waals surface area contributed by atoms with Crippen molar-refractivity contribution >= 4 is 11.6 Å². The van der Waals surface area contributed by atoms with Gasteiger partial charge in [0.2, 0.25) is 11.9 Å². The zero-order chi connectivity index (χ0) is 12.4. The van der Waals surface area contributed by atoms with Crippen LogP contribution in [0.1, 0.15) is 10.5 Å². The molecular formula is C10H8F2N4O. The van der Waals surface area contributed by atoms with Crippen LogP contribution in [0.5, 0.6) is 0 Å². The first-order valence-corrected chi connectivity index (χ1v) is 4.67. The lowest BCUT2D eigenvalue weighted by Crippen LogP contribution is -2.14. The van der Waals surface area contributed by atoms with Gasteiger partial charge in [-0.05, 0) is 12.1 Å². The highest BCUT2D eigenvalue weighted by Gasteiger charge is 2.12. The standard InChI is InChI=1S/C10H8F2N4O/c1-16-4-7(13-5-16)10(17)14-6-2-3-8(11)15-9(6)12/h2-5H,1H3,(H,14,17). The lowest BCUT2D eigenvalue weighted by Gasteiger charge is -2.03. The van der Waals surface area contributed by atoms with Gasteiger partial charge in [-0.1, -0.05) is 0 Å². The largest absolute Gasteiger partial charge is 0.340 e. The van der Waals surface area contributed by atoms with Crippen molar-refractivity contribution in [3.63, 3.8) is 0 Å². The molecule has 0 bridgehead atoms. The van der Waals surface area contributed by atoms with Gasteiger partial charge in [-0.3, -0.25) is 4.79 Å². The second kappa shape index (κ2) is 4.28. The van der Waals surface area contributed by atoms with Crippen LogP contribution in [-0.4, -0.2) is 20.4 Å². The Hall–Kier alpha value is -2.31. The van der Waals surface area contributed by atoms with Gasteiger partial charge in [0, 0.05) is 13.2 Å². The van der Waals surface area contributed by atoms with E-state index in [4.69, 9.17) is 0 Å². The second-order valence-electron chi connectivity index (χ2n) is 3.35. The molecule has 0 spiro atoms. The average molecular weight is 238 g/mol. The first kappa shape index (κ1) is 11.2. The van der Waals surface area contributed by atoms with Gasteiger partial charge < -0.3 is 9.88 Å². The predicted octanol–water partition coefficient (Wildman–Crippen LogP) is 1.35. The maximum Gasteiger partial charge on any atom is 0.275 e. The Labute approximate surface area is 95.1 Å². The number of aromatic nitrogens is 3. The van der Waals surface area contributed by atoms with Gasteiger partial charge >= 0.3 is 0 Å². The fourth-order valence-corrected chi connectivity index (χ4v) is 1.22. The Bertz CT molecular complexity index is 567. The van der Waals surface area contributed by atoms with E-state index in [1.807, 2.05) is 0 Å². The number of aryl methyl sites for hydroxylation is 1. The number of halogens is 2. The second-order valence-corrected chi connectivity index (χ2v) is 3.35. The number of nitrogens with zero attached hydrogens (tertiary/aromatic N) is 3. The van der Waals surface area contributed by atoms with Crippen LogP contribution in [0.3, 0.4) is 0 Å². The third kappa shape index (κ3) is 2.44. The van der Waals surface area contributed by atoms with Crippen molar-refractivity contribution in [2.45, 2.75) is 0 Å². The highest BCUT2D eigenvalue weighted by Crippen LogP contribution is 2.12. The summed E-state index contributed by atoms with van der Waals surface area (Å²) in [5.74, 6) is -2.61. The number of hydrogen-bond acceptors (Lipinski definition) is 3. The number of carbonyl (C=O) groups excluding carboxylic acids is 1. The van der Waals surface area contributed by atoms with E-state index in [0.717, 1.165) is 12.1 Å². The fourth-order valence-electron chi connectivity index (χ4n) is 1.22. The summed E-state index contributed by atoms with van der Waals surface area (Å²) in [5, 5.41) is 2.25. The number of hydrogen-bond donors (Lipinski definition) is 1. The normalized spacial score (nSPS) is 10.3. The topological polar surface area (TPSA) is 59.8 Å². The lowest BCUT2D eigenvalue weighted by molar-refractivity contribution is 0.102. The molecule has 0 saturated heterocycles. The van der Waals surface area contributed by atoms with E-state index in [-0.39, 0.29) is 11.4 Å². The number of anilines is 1. The summed E-state index contributed by atoms with van der Waals surface area (Å²) >= 11 is 0. The van der Waals surface area contributed by atoms with Crippen molar-refractivity contribution < 1.29 is 13.6 Å². The number of rotatable bonds is 2. The molecule has 17 heavy (non-hydrogen) atoms. The van der Waals surface area contributed by atoms with Crippen molar-refractivity contribution in [2.75, 3.05) is 5.32 Å². The number of imidazole rings is 1. The Morgan fingerprint density at radius 2 is 2.18 bits per heavy atom. The third-order valence-electron chi connectivity index (χ3n) is 2.00. The van der Waals surface area contributed by atoms with Crippen LogP contribution < -0.4 is 5.32 Å². The van der Waals surface area contributed by atoms with Gasteiger partial charge in [-0.2, -0.15) is 13.8 Å². The number of amides is 1. The van der Waals surface area contributed by atoms with Crippen LogP contribution in [0.4, 0.5) is 14.5 Å². The summed E-state index contributed by atoms with van der Waals surface area (Å²) in [4.78, 5) is 18.3. The van der Waals surface area contributed by atoms with Gasteiger partial charge in [-0.15, -0.1) is 0 Å². The first-order chi connectivity index (χ1) is 8.06. The molecule has 2 aromatic heterocycles. The molecule has 0 aliphatic heterocycles. The first-order valence-electron chi connectivity index (χ1n) is 4.67. The quantitative estimate of drug-likeness (QED) is 0.803. The predicted molar refractivity (Wildman–Crippen MR) is 55.3 cm³/mol. The molecule has 0 fully saturated rings. The Morgan fingerprint density at radius 3 is 2.76 bits per heavy atom. The molecule has 2 rings (SSSR count). The number of carbonyl (C=O) groups is 1. The molecule has 2 heterocycles. The lowest BCUT2D eigenvalue weighted by atomic mass is 10.3. The summed E-state index contributed by atoms with van der Waals surface area (Å²) in [6.45, 7) is 0. The zero-order valence-electron chi connectivity index (χ0n) is 8.82. The van der Waals surface area contributed by atoms with Crippen LogP contribution in [0.15, 0.2) is 24.7 Å². The number of pyridine rings is 1. The van der Waals surface area contributed by atoms with Crippen LogP contribution in [0.2, 0.25) is 0 Å². The van der Waals surface area contributed by atoms with E-state index in [2.05, 4.69) is 15.3 Å². The summed E-state index contributed by atoms with van der Waals surface area (Å²) in [5.41, 5.74) is -0.0571. The fraction of sp³-hybridized carbons (Fsp3) is 0.100. The number of nitrogens with one attached hydrogen (secondary N) is 1. The van der Waals surface area contributed by atoms with E-state index >= 15 is 0 Å². The molecule has 1 N–H and O–H groups in total. The summed E-state index contributed by atoms with van der Waals surface area (Å²) in [6, 6.07) is 2.05. The molecule has 0 unspecified atom stereocenters. The molecule has 88 valence electrons. The monoisotopic (exact) mass is 238 g/mol. The molecule has 0 aliphatic carbocycles. The van der Waals surface area contributed by atoms with Crippen molar-refractivity contribution in [1.82, 2.24) is 14.5 Å². The van der Waals surface area contributed by atoms with E-state index in [9.17, 15) is 13.6 Å². The summed E-state index contributed by atoms with van der Waals surface area (Å²) in [7, 11) is 1.70. The van der Waals surface area contributed by atoms with Gasteiger partial charge in [0.25, 0.3) is 5.91 Å². The summed E-state index contributed by atoms with van der Waals surface area (Å²) < 4.78 is 27.2. The van der Waals surface area contributed by atoms with Gasteiger partial charge in [0.15, 0.2) is 0 Å². The average Bonchev–Trinajstić information content (AvgIpc) is 2.69. The van der Waals surface area contributed by atoms with E-state index in [1.54, 1.807) is 11.6 Å². The van der Waals surface area contributed by atoms with Crippen LogP contribution in [0, 0.1) is 11.9 Å². The Morgan fingerprint density at radius 1 is 1.41 bits per heavy atom. The van der Waals surface area contributed by atoms with Crippen LogP contribution in [0.25, 0.3) is 0 Å². The van der Waals surface area contributed by atoms with Gasteiger partial charge in [0.05, 0.1) is 12.0 Å². The van der Waals surface area contributed by atoms with E-state index in [1.165, 1.54) is 12.5 Å². The third-order valence-corrected chi connectivity index (χ3v) is 2.00. The van der Waals surface area contributed by atoms with E-state index in [0.29, 0.717) is 0 Å². The minimum absolute atomic E-state index is 0.135. The highest BCUT2D eigenvalue weighted by molar-refractivity contribution is 6.02. The molecule has 0 aliphatic rings. The summed E-state index contributed by atoms with van der Waals surface area (Å²) in [6.07, 6.45) is 2.92. The van der Waals surface area contributed by atoms with E-state index < -0.39 is 17.8 Å². The molecule has 0 radical (unpaired) electrons. The smallest absolute Gasteiger partial charge is 0.275 e. The molecule has 0 saturated carbocycles. The molecule has 7 heteroatoms. The molecule has 0 aromatic carbocycles. The molecule has 5 nitrogen and oxygen atoms in total. The van der Waals surface area contributed by atoms with Crippen LogP contribution >= 0.6 is 0 Å². The van der Waals surface area contributed by atoms with Crippen LogP contribution in [-0.2, 0) is 7.05 Å². The molecule has 0 atom stereocenters. The van der Waals surface area contributed by atoms with Gasteiger partial charge in [-0.25, -0.2) is 4.98 Å². The van der Waals surface area contributed by atoms with Crippen molar-refractivity contribution in [3.05, 3.63) is 42.2 Å². The SMILES string of the molecule is Cn1cnc(C(=O)Nc2ccc(F)nc2F)c1. The zero-order valence-corrected chi connectivity index (χ0v) is 8.82. The molecule has 1 amide bonds. The maximum atomic E-state index is 13.1. The van der Waals surface area contributed by atoms with Crippen molar-refractivity contribution in [3.8, 4) is 0 Å². The molecular weight excluding hydrogens is 230 g/mol. The van der Waals surface area contributed by atoms with Gasteiger partial charge in [0.1, 0.15) is 5.69 Å².